The smallest absolute Gasteiger partial charge is 0.326 e. The summed E-state index contributed by atoms with van der Waals surface area (Å²) in [6.45, 7) is 3.36. The second kappa shape index (κ2) is 8.98. The molecular weight excluding hydrogens is 471 g/mol. The Labute approximate surface area is 197 Å². The van der Waals surface area contributed by atoms with Gasteiger partial charge < -0.3 is 5.32 Å². The van der Waals surface area contributed by atoms with Crippen LogP contribution in [0.2, 0.25) is 5.02 Å². The fourth-order valence-corrected chi connectivity index (χ4v) is 3.66. The second-order valence-electron chi connectivity index (χ2n) is 7.73. The lowest BCUT2D eigenvalue weighted by Crippen LogP contribution is -2.16. The molecule has 178 valence electrons. The topological polar surface area (TPSA) is 82.6 Å². The number of aryl methyl sites for hydroxylation is 2. The summed E-state index contributed by atoms with van der Waals surface area (Å²) in [6, 6.07) is 8.95. The van der Waals surface area contributed by atoms with E-state index in [4.69, 9.17) is 11.6 Å². The van der Waals surface area contributed by atoms with E-state index in [-0.39, 0.29) is 24.6 Å². The Hall–Kier alpha value is -3.60. The molecule has 8 nitrogen and oxygen atoms in total. The Morgan fingerprint density at radius 2 is 1.79 bits per heavy atom. The first-order chi connectivity index (χ1) is 16.0. The molecule has 3 heterocycles. The second-order valence-corrected chi connectivity index (χ2v) is 8.10. The van der Waals surface area contributed by atoms with E-state index in [1.165, 1.54) is 6.92 Å². The van der Waals surface area contributed by atoms with Gasteiger partial charge in [-0.1, -0.05) is 11.6 Å². The van der Waals surface area contributed by atoms with Crippen LogP contribution in [0.1, 0.15) is 23.5 Å². The Bertz CT molecular complexity index is 1340. The highest BCUT2D eigenvalue weighted by molar-refractivity contribution is 6.31. The number of alkyl halides is 3. The van der Waals surface area contributed by atoms with Crippen molar-refractivity contribution in [1.82, 2.24) is 29.3 Å². The fraction of sp³-hybridized carbons (Fsp3) is 0.273. The summed E-state index contributed by atoms with van der Waals surface area (Å²) >= 11 is 5.74. The molecule has 4 rings (SSSR count). The van der Waals surface area contributed by atoms with Crippen molar-refractivity contribution in [2.45, 2.75) is 33.0 Å². The van der Waals surface area contributed by atoms with E-state index >= 15 is 0 Å². The van der Waals surface area contributed by atoms with Gasteiger partial charge in [-0.25, -0.2) is 4.68 Å². The molecule has 1 aromatic carbocycles. The van der Waals surface area contributed by atoms with Gasteiger partial charge in [-0.05, 0) is 44.2 Å². The average Bonchev–Trinajstić information content (AvgIpc) is 3.47. The van der Waals surface area contributed by atoms with Gasteiger partial charge in [0.05, 0.1) is 34.8 Å². The summed E-state index contributed by atoms with van der Waals surface area (Å²) in [4.78, 5) is 12.3. The van der Waals surface area contributed by atoms with Crippen LogP contribution in [0.5, 0.6) is 0 Å². The molecule has 0 aliphatic heterocycles. The number of aromatic nitrogens is 6. The molecule has 0 atom stereocenters. The third kappa shape index (κ3) is 4.69. The van der Waals surface area contributed by atoms with Crippen molar-refractivity contribution in [3.8, 4) is 16.9 Å². The lowest BCUT2D eigenvalue weighted by Gasteiger charge is -2.08. The predicted molar refractivity (Wildman–Crippen MR) is 121 cm³/mol. The highest BCUT2D eigenvalue weighted by atomic mass is 35.5. The molecule has 4 aromatic rings. The van der Waals surface area contributed by atoms with Crippen molar-refractivity contribution in [1.29, 1.82) is 0 Å². The van der Waals surface area contributed by atoms with Crippen LogP contribution in [0.15, 0.2) is 42.7 Å². The van der Waals surface area contributed by atoms with E-state index < -0.39 is 16.9 Å². The van der Waals surface area contributed by atoms with E-state index in [0.29, 0.717) is 5.69 Å². The SMILES string of the molecule is Cc1c(-c2ccn(-c3ccc(NC(=O)CCn4nc(C(F)(F)F)c(Cl)c4C)cc3)n2)cnn1C. The first-order valence-electron chi connectivity index (χ1n) is 10.3. The number of carbonyl (C=O) groups excluding carboxylic acids is 1. The molecule has 0 unspecified atom stereocenters. The number of anilines is 1. The van der Waals surface area contributed by atoms with Gasteiger partial charge in [0.25, 0.3) is 0 Å². The quantitative estimate of drug-likeness (QED) is 0.420. The zero-order valence-electron chi connectivity index (χ0n) is 18.6. The highest BCUT2D eigenvalue weighted by Crippen LogP contribution is 2.35. The number of hydrogen-bond donors (Lipinski definition) is 1. The number of nitrogens with zero attached hydrogens (tertiary/aromatic N) is 6. The summed E-state index contributed by atoms with van der Waals surface area (Å²) in [6.07, 6.45) is -1.11. The maximum absolute atomic E-state index is 12.9. The lowest BCUT2D eigenvalue weighted by atomic mass is 10.2. The molecule has 0 saturated carbocycles. The Kier molecular flexibility index (Phi) is 6.22. The van der Waals surface area contributed by atoms with Gasteiger partial charge in [0.15, 0.2) is 5.69 Å². The molecule has 0 radical (unpaired) electrons. The van der Waals surface area contributed by atoms with Crippen molar-refractivity contribution in [3.63, 3.8) is 0 Å². The summed E-state index contributed by atoms with van der Waals surface area (Å²) in [5.41, 5.74) is 3.11. The Balaban J connectivity index is 1.38. The van der Waals surface area contributed by atoms with E-state index in [0.717, 1.165) is 27.3 Å². The van der Waals surface area contributed by atoms with Crippen molar-refractivity contribution in [2.24, 2.45) is 7.05 Å². The molecular formula is C22H21ClF3N7O. The number of rotatable bonds is 6. The minimum absolute atomic E-state index is 0.0324. The summed E-state index contributed by atoms with van der Waals surface area (Å²) in [5, 5.41) is 14.6. The van der Waals surface area contributed by atoms with Gasteiger partial charge in [-0.15, -0.1) is 0 Å². The van der Waals surface area contributed by atoms with E-state index in [9.17, 15) is 18.0 Å². The summed E-state index contributed by atoms with van der Waals surface area (Å²) in [7, 11) is 1.87. The molecule has 12 heteroatoms. The monoisotopic (exact) mass is 491 g/mol. The number of hydrogen-bond acceptors (Lipinski definition) is 4. The van der Waals surface area contributed by atoms with Crippen LogP contribution < -0.4 is 5.32 Å². The minimum Gasteiger partial charge on any atom is -0.326 e. The fourth-order valence-electron chi connectivity index (χ4n) is 3.41. The molecule has 0 aliphatic rings. The van der Waals surface area contributed by atoms with Gasteiger partial charge in [-0.2, -0.15) is 28.5 Å². The number of nitrogens with one attached hydrogen (secondary N) is 1. The van der Waals surface area contributed by atoms with Crippen molar-refractivity contribution >= 4 is 23.2 Å². The molecule has 3 aromatic heterocycles. The van der Waals surface area contributed by atoms with Gasteiger partial charge in [-0.3, -0.25) is 14.2 Å². The largest absolute Gasteiger partial charge is 0.436 e. The molecule has 0 bridgehead atoms. The molecule has 0 saturated heterocycles. The minimum atomic E-state index is -4.65. The number of amides is 1. The third-order valence-corrected chi connectivity index (χ3v) is 5.92. The van der Waals surface area contributed by atoms with Crippen LogP contribution in [0.4, 0.5) is 18.9 Å². The molecule has 1 N–H and O–H groups in total. The Morgan fingerprint density at radius 1 is 1.09 bits per heavy atom. The molecule has 0 aliphatic carbocycles. The number of carbonyl (C=O) groups is 1. The van der Waals surface area contributed by atoms with Crippen molar-refractivity contribution in [2.75, 3.05) is 5.32 Å². The molecule has 1 amide bonds. The lowest BCUT2D eigenvalue weighted by molar-refractivity contribution is -0.141. The molecule has 0 fully saturated rings. The van der Waals surface area contributed by atoms with Crippen LogP contribution in [-0.2, 0) is 24.6 Å². The summed E-state index contributed by atoms with van der Waals surface area (Å²) in [5.74, 6) is -0.360. The van der Waals surface area contributed by atoms with Gasteiger partial charge in [0, 0.05) is 36.6 Å². The van der Waals surface area contributed by atoms with E-state index in [2.05, 4.69) is 20.6 Å². The van der Waals surface area contributed by atoms with Crippen LogP contribution >= 0.6 is 11.6 Å². The van der Waals surface area contributed by atoms with E-state index in [1.54, 1.807) is 39.8 Å². The number of benzene rings is 1. The molecule has 0 spiro atoms. The van der Waals surface area contributed by atoms with Crippen molar-refractivity contribution in [3.05, 3.63) is 64.8 Å². The zero-order chi connectivity index (χ0) is 24.6. The third-order valence-electron chi connectivity index (χ3n) is 5.47. The first kappa shape index (κ1) is 23.6. The van der Waals surface area contributed by atoms with E-state index in [1.807, 2.05) is 26.2 Å². The van der Waals surface area contributed by atoms with Gasteiger partial charge in [0.2, 0.25) is 5.91 Å². The zero-order valence-corrected chi connectivity index (χ0v) is 19.3. The normalized spacial score (nSPS) is 11.7. The maximum Gasteiger partial charge on any atom is 0.436 e. The van der Waals surface area contributed by atoms with Crippen LogP contribution in [0.25, 0.3) is 16.9 Å². The molecule has 34 heavy (non-hydrogen) atoms. The van der Waals surface area contributed by atoms with Gasteiger partial charge in [0.1, 0.15) is 0 Å². The summed E-state index contributed by atoms with van der Waals surface area (Å²) < 4.78 is 43.4. The Morgan fingerprint density at radius 3 is 2.38 bits per heavy atom. The average molecular weight is 492 g/mol. The highest BCUT2D eigenvalue weighted by Gasteiger charge is 2.38. The van der Waals surface area contributed by atoms with Crippen LogP contribution in [0.3, 0.4) is 0 Å². The maximum atomic E-state index is 12.9. The van der Waals surface area contributed by atoms with Crippen LogP contribution in [-0.4, -0.2) is 35.2 Å². The standard InChI is InChI=1S/C22H21ClF3N7O/c1-13-17(12-27-31(13)3)18-8-10-33(29-18)16-6-4-15(5-7-16)28-19(34)9-11-32-14(2)20(23)21(30-32)22(24,25)26/h4-8,10,12H,9,11H2,1-3H3,(H,28,34). The van der Waals surface area contributed by atoms with Gasteiger partial charge >= 0.3 is 6.18 Å². The first-order valence-corrected chi connectivity index (χ1v) is 10.7. The van der Waals surface area contributed by atoms with Crippen molar-refractivity contribution < 1.29 is 18.0 Å². The van der Waals surface area contributed by atoms with Crippen LogP contribution in [0, 0.1) is 13.8 Å². The number of halogens is 4. The predicted octanol–water partition coefficient (Wildman–Crippen LogP) is 4.79.